The number of para-hydroxylation sites is 2. The predicted octanol–water partition coefficient (Wildman–Crippen LogP) is 2.28. The minimum Gasteiger partial charge on any atom is -0.365 e. The van der Waals surface area contributed by atoms with E-state index in [0.717, 1.165) is 11.3 Å². The van der Waals surface area contributed by atoms with Crippen LogP contribution in [0.15, 0.2) is 48.5 Å². The van der Waals surface area contributed by atoms with Gasteiger partial charge in [-0.15, -0.1) is 0 Å². The van der Waals surface area contributed by atoms with Crippen molar-refractivity contribution in [3.8, 4) is 0 Å². The molecule has 2 fully saturated rings. The van der Waals surface area contributed by atoms with E-state index in [1.165, 1.54) is 15.9 Å². The summed E-state index contributed by atoms with van der Waals surface area (Å²) in [4.78, 5) is 34.3. The zero-order valence-electron chi connectivity index (χ0n) is 17.4. The Morgan fingerprint density at radius 1 is 0.935 bits per heavy atom. The third kappa shape index (κ3) is 2.70. The Labute approximate surface area is 185 Å². The molecule has 160 valence electrons. The molecule has 2 saturated heterocycles. The lowest BCUT2D eigenvalue weighted by atomic mass is 9.67. The van der Waals surface area contributed by atoms with Gasteiger partial charge in [0.05, 0.1) is 11.7 Å². The smallest absolute Gasteiger partial charge is 0.246 e. The van der Waals surface area contributed by atoms with Crippen molar-refractivity contribution in [1.82, 2.24) is 9.80 Å². The Bertz CT molecular complexity index is 1080. The van der Waals surface area contributed by atoms with Crippen molar-refractivity contribution in [3.63, 3.8) is 0 Å². The predicted molar refractivity (Wildman–Crippen MR) is 120 cm³/mol. The molecule has 31 heavy (non-hydrogen) atoms. The summed E-state index contributed by atoms with van der Waals surface area (Å²) in [5, 5.41) is 0.202. The molecule has 6 nitrogen and oxygen atoms in total. The van der Waals surface area contributed by atoms with Crippen LogP contribution >= 0.6 is 12.2 Å². The standard InChI is InChI=1S/C23H23FN4O2S/c1-25-20(29)23(21(30)26(2)22(25)31)13-15-7-3-5-9-17(15)28-12-11-27(14-19(23)28)18-10-6-4-8-16(18)24/h3-10,19H,11-14H2,1-2H3/t19-/m1/s1. The van der Waals surface area contributed by atoms with Gasteiger partial charge in [-0.1, -0.05) is 30.3 Å². The first-order valence-corrected chi connectivity index (χ1v) is 10.7. The Balaban J connectivity index is 1.66. The molecule has 1 atom stereocenters. The maximum atomic E-state index is 14.6. The SMILES string of the molecule is CN1C(=O)C2(Cc3ccccc3N3CCN(c4ccccc4F)C[C@@H]32)C(=O)N(C)C1=S. The lowest BCUT2D eigenvalue weighted by molar-refractivity contribution is -0.157. The number of carbonyl (C=O) groups is 2. The van der Waals surface area contributed by atoms with Crippen molar-refractivity contribution in [3.05, 3.63) is 59.9 Å². The van der Waals surface area contributed by atoms with Crippen molar-refractivity contribution in [2.75, 3.05) is 43.5 Å². The molecule has 3 aliphatic heterocycles. The van der Waals surface area contributed by atoms with Gasteiger partial charge in [-0.25, -0.2) is 4.39 Å². The van der Waals surface area contributed by atoms with Crippen molar-refractivity contribution in [2.45, 2.75) is 12.5 Å². The number of halogens is 1. The highest BCUT2D eigenvalue weighted by Gasteiger charge is 2.63. The van der Waals surface area contributed by atoms with Gasteiger partial charge in [0.1, 0.15) is 5.82 Å². The molecule has 0 radical (unpaired) electrons. The van der Waals surface area contributed by atoms with E-state index in [-0.39, 0.29) is 22.7 Å². The molecule has 0 aromatic heterocycles. The van der Waals surface area contributed by atoms with E-state index in [4.69, 9.17) is 12.2 Å². The molecule has 3 aliphatic rings. The van der Waals surface area contributed by atoms with Crippen molar-refractivity contribution >= 4 is 40.5 Å². The van der Waals surface area contributed by atoms with Crippen LogP contribution in [0, 0.1) is 11.2 Å². The van der Waals surface area contributed by atoms with Gasteiger partial charge in [-0.3, -0.25) is 19.4 Å². The lowest BCUT2D eigenvalue weighted by Crippen LogP contribution is -2.74. The molecule has 3 heterocycles. The molecular weight excluding hydrogens is 415 g/mol. The van der Waals surface area contributed by atoms with E-state index >= 15 is 0 Å². The normalized spacial score (nSPS) is 22.7. The third-order valence-corrected chi connectivity index (χ3v) is 7.41. The number of carbonyl (C=O) groups excluding carboxylic acids is 2. The maximum Gasteiger partial charge on any atom is 0.246 e. The molecule has 0 unspecified atom stereocenters. The summed E-state index contributed by atoms with van der Waals surface area (Å²) < 4.78 is 14.6. The van der Waals surface area contributed by atoms with Gasteiger partial charge in [0.2, 0.25) is 11.8 Å². The van der Waals surface area contributed by atoms with E-state index in [1.807, 2.05) is 29.2 Å². The first kappa shape index (κ1) is 19.9. The number of fused-ring (bicyclic) bond motifs is 4. The second kappa shape index (κ2) is 7.02. The van der Waals surface area contributed by atoms with Gasteiger partial charge in [0, 0.05) is 39.4 Å². The maximum absolute atomic E-state index is 14.6. The average molecular weight is 439 g/mol. The van der Waals surface area contributed by atoms with Crippen molar-refractivity contribution in [2.24, 2.45) is 5.41 Å². The fourth-order valence-corrected chi connectivity index (χ4v) is 5.47. The summed E-state index contributed by atoms with van der Waals surface area (Å²) in [6.45, 7) is 1.53. The van der Waals surface area contributed by atoms with Gasteiger partial charge >= 0.3 is 0 Å². The number of thiocarbonyl (C=S) groups is 1. The van der Waals surface area contributed by atoms with Crippen LogP contribution in [0.1, 0.15) is 5.56 Å². The van der Waals surface area contributed by atoms with Gasteiger partial charge in [0.25, 0.3) is 0 Å². The number of anilines is 2. The summed E-state index contributed by atoms with van der Waals surface area (Å²) in [7, 11) is 3.25. The average Bonchev–Trinajstić information content (AvgIpc) is 2.80. The molecular formula is C23H23FN4O2S. The molecule has 0 N–H and O–H groups in total. The fourth-order valence-electron chi connectivity index (χ4n) is 5.30. The topological polar surface area (TPSA) is 47.1 Å². The van der Waals surface area contributed by atoms with Crippen molar-refractivity contribution in [1.29, 1.82) is 0 Å². The molecule has 2 aromatic rings. The summed E-state index contributed by atoms with van der Waals surface area (Å²) >= 11 is 5.34. The van der Waals surface area contributed by atoms with Crippen LogP contribution in [0.4, 0.5) is 15.8 Å². The van der Waals surface area contributed by atoms with Crippen LogP contribution in [0.2, 0.25) is 0 Å². The highest BCUT2D eigenvalue weighted by molar-refractivity contribution is 7.80. The number of hydrogen-bond donors (Lipinski definition) is 0. The third-order valence-electron chi connectivity index (χ3n) is 6.86. The minimum absolute atomic E-state index is 0.202. The summed E-state index contributed by atoms with van der Waals surface area (Å²) in [5.74, 6) is -0.890. The summed E-state index contributed by atoms with van der Waals surface area (Å²) in [6, 6.07) is 14.1. The number of hydrogen-bond acceptors (Lipinski definition) is 5. The van der Waals surface area contributed by atoms with Gasteiger partial charge in [-0.05, 0) is 42.4 Å². The van der Waals surface area contributed by atoms with E-state index in [1.54, 1.807) is 32.3 Å². The van der Waals surface area contributed by atoms with Crippen LogP contribution in [0.3, 0.4) is 0 Å². The molecule has 8 heteroatoms. The first-order chi connectivity index (χ1) is 14.9. The largest absolute Gasteiger partial charge is 0.365 e. The van der Waals surface area contributed by atoms with Gasteiger partial charge in [-0.2, -0.15) is 0 Å². The molecule has 2 aromatic carbocycles. The van der Waals surface area contributed by atoms with Crippen LogP contribution in [-0.2, 0) is 16.0 Å². The molecule has 0 saturated carbocycles. The number of nitrogens with zero attached hydrogens (tertiary/aromatic N) is 4. The Kier molecular flexibility index (Phi) is 4.51. The van der Waals surface area contributed by atoms with Crippen LogP contribution in [-0.4, -0.2) is 66.5 Å². The molecule has 1 spiro atoms. The Morgan fingerprint density at radius 3 is 2.23 bits per heavy atom. The second-order valence-corrected chi connectivity index (χ2v) is 8.76. The van der Waals surface area contributed by atoms with E-state index < -0.39 is 11.5 Å². The fraction of sp³-hybridized carbons (Fsp3) is 0.348. The molecule has 0 bridgehead atoms. The minimum atomic E-state index is -1.32. The first-order valence-electron chi connectivity index (χ1n) is 10.3. The zero-order chi connectivity index (χ0) is 21.9. The number of rotatable bonds is 1. The zero-order valence-corrected chi connectivity index (χ0v) is 18.2. The second-order valence-electron chi connectivity index (χ2n) is 8.39. The number of piperazine rings is 1. The van der Waals surface area contributed by atoms with E-state index in [2.05, 4.69) is 4.90 Å². The lowest BCUT2D eigenvalue weighted by Gasteiger charge is -2.57. The van der Waals surface area contributed by atoms with E-state index in [9.17, 15) is 14.0 Å². The molecule has 0 aliphatic carbocycles. The van der Waals surface area contributed by atoms with Crippen LogP contribution in [0.5, 0.6) is 0 Å². The quantitative estimate of drug-likeness (QED) is 0.505. The Morgan fingerprint density at radius 2 is 1.55 bits per heavy atom. The van der Waals surface area contributed by atoms with Crippen LogP contribution < -0.4 is 9.80 Å². The number of benzene rings is 2. The molecule has 5 rings (SSSR count). The van der Waals surface area contributed by atoms with Gasteiger partial charge < -0.3 is 9.80 Å². The van der Waals surface area contributed by atoms with E-state index in [0.29, 0.717) is 31.7 Å². The highest BCUT2D eigenvalue weighted by Crippen LogP contribution is 2.47. The Hall–Kier alpha value is -3.00. The van der Waals surface area contributed by atoms with Crippen LogP contribution in [0.25, 0.3) is 0 Å². The van der Waals surface area contributed by atoms with Gasteiger partial charge in [0.15, 0.2) is 10.5 Å². The van der Waals surface area contributed by atoms with Crippen molar-refractivity contribution < 1.29 is 14.0 Å². The number of amides is 2. The summed E-state index contributed by atoms with van der Waals surface area (Å²) in [6.07, 6.45) is 0.296. The monoisotopic (exact) mass is 438 g/mol. The summed E-state index contributed by atoms with van der Waals surface area (Å²) in [5.41, 5.74) is 1.17. The molecule has 2 amide bonds. The highest BCUT2D eigenvalue weighted by atomic mass is 32.1.